The van der Waals surface area contributed by atoms with E-state index in [1.165, 1.54) is 31.4 Å². The SMILES string of the molecule is CCC1CCCC(C#N)(CCCSC)C1. The van der Waals surface area contributed by atoms with E-state index in [9.17, 15) is 5.26 Å². The van der Waals surface area contributed by atoms with Crippen molar-refractivity contribution in [3.8, 4) is 6.07 Å². The zero-order valence-electron chi connectivity index (χ0n) is 10.1. The maximum absolute atomic E-state index is 9.40. The number of nitrogens with zero attached hydrogens (tertiary/aromatic N) is 1. The Bertz CT molecular complexity index is 221. The highest BCUT2D eigenvalue weighted by Gasteiger charge is 2.35. The standard InChI is InChI=1S/C13H23NS/c1-3-12-6-4-7-13(10-12,11-14)8-5-9-15-2/h12H,3-10H2,1-2H3. The van der Waals surface area contributed by atoms with Crippen molar-refractivity contribution in [2.75, 3.05) is 12.0 Å². The molecule has 0 amide bonds. The number of nitriles is 1. The molecule has 0 saturated heterocycles. The molecule has 2 atom stereocenters. The molecule has 86 valence electrons. The molecule has 0 N–H and O–H groups in total. The molecule has 0 aromatic rings. The predicted octanol–water partition coefficient (Wildman–Crippen LogP) is 4.24. The normalized spacial score (nSPS) is 31.1. The van der Waals surface area contributed by atoms with Crippen molar-refractivity contribution in [1.82, 2.24) is 0 Å². The zero-order valence-corrected chi connectivity index (χ0v) is 10.9. The van der Waals surface area contributed by atoms with E-state index in [0.29, 0.717) is 0 Å². The van der Waals surface area contributed by atoms with Crippen LogP contribution in [-0.2, 0) is 0 Å². The fourth-order valence-corrected chi connectivity index (χ4v) is 3.21. The summed E-state index contributed by atoms with van der Waals surface area (Å²) in [7, 11) is 0. The van der Waals surface area contributed by atoms with Crippen molar-refractivity contribution < 1.29 is 0 Å². The second kappa shape index (κ2) is 6.43. The van der Waals surface area contributed by atoms with Crippen molar-refractivity contribution in [2.24, 2.45) is 11.3 Å². The molecular formula is C13H23NS. The van der Waals surface area contributed by atoms with E-state index in [2.05, 4.69) is 19.2 Å². The van der Waals surface area contributed by atoms with Crippen LogP contribution < -0.4 is 0 Å². The van der Waals surface area contributed by atoms with E-state index in [1.54, 1.807) is 0 Å². The second-order valence-corrected chi connectivity index (χ2v) is 5.84. The molecule has 0 aromatic heterocycles. The van der Waals surface area contributed by atoms with Crippen LogP contribution >= 0.6 is 11.8 Å². The van der Waals surface area contributed by atoms with E-state index in [4.69, 9.17) is 0 Å². The molecule has 0 aliphatic heterocycles. The van der Waals surface area contributed by atoms with Crippen LogP contribution in [-0.4, -0.2) is 12.0 Å². The Morgan fingerprint density at radius 2 is 2.33 bits per heavy atom. The molecule has 1 fully saturated rings. The van der Waals surface area contributed by atoms with Gasteiger partial charge in [-0.1, -0.05) is 26.2 Å². The Morgan fingerprint density at radius 1 is 1.53 bits per heavy atom. The van der Waals surface area contributed by atoms with Gasteiger partial charge in [-0.2, -0.15) is 17.0 Å². The fourth-order valence-electron chi connectivity index (χ4n) is 2.77. The van der Waals surface area contributed by atoms with Crippen LogP contribution in [0.3, 0.4) is 0 Å². The lowest BCUT2D eigenvalue weighted by molar-refractivity contribution is 0.182. The molecule has 0 aromatic carbocycles. The third-order valence-electron chi connectivity index (χ3n) is 3.77. The molecule has 0 bridgehead atoms. The smallest absolute Gasteiger partial charge is 0.0689 e. The van der Waals surface area contributed by atoms with E-state index in [-0.39, 0.29) is 5.41 Å². The van der Waals surface area contributed by atoms with Crippen molar-refractivity contribution in [3.63, 3.8) is 0 Å². The highest BCUT2D eigenvalue weighted by atomic mass is 32.2. The Morgan fingerprint density at radius 3 is 2.93 bits per heavy atom. The predicted molar refractivity (Wildman–Crippen MR) is 67.9 cm³/mol. The quantitative estimate of drug-likeness (QED) is 0.653. The lowest BCUT2D eigenvalue weighted by Gasteiger charge is -2.35. The summed E-state index contributed by atoms with van der Waals surface area (Å²) < 4.78 is 0. The first-order chi connectivity index (χ1) is 7.26. The van der Waals surface area contributed by atoms with Gasteiger partial charge in [0.25, 0.3) is 0 Å². The van der Waals surface area contributed by atoms with Gasteiger partial charge in [0.2, 0.25) is 0 Å². The molecule has 2 unspecified atom stereocenters. The van der Waals surface area contributed by atoms with Gasteiger partial charge in [-0.3, -0.25) is 0 Å². The van der Waals surface area contributed by atoms with Gasteiger partial charge in [-0.25, -0.2) is 0 Å². The topological polar surface area (TPSA) is 23.8 Å². The highest BCUT2D eigenvalue weighted by molar-refractivity contribution is 7.98. The first kappa shape index (κ1) is 12.9. The van der Waals surface area contributed by atoms with E-state index < -0.39 is 0 Å². The van der Waals surface area contributed by atoms with Gasteiger partial charge in [0.15, 0.2) is 0 Å². The van der Waals surface area contributed by atoms with Gasteiger partial charge in [-0.15, -0.1) is 0 Å². The maximum atomic E-state index is 9.40. The minimum Gasteiger partial charge on any atom is -0.198 e. The van der Waals surface area contributed by atoms with Crippen LogP contribution in [0.15, 0.2) is 0 Å². The Labute approximate surface area is 98.6 Å². The van der Waals surface area contributed by atoms with Crippen LogP contribution in [0.25, 0.3) is 0 Å². The molecule has 0 spiro atoms. The van der Waals surface area contributed by atoms with Crippen LogP contribution in [0.2, 0.25) is 0 Å². The fraction of sp³-hybridized carbons (Fsp3) is 0.923. The molecule has 1 saturated carbocycles. The molecule has 0 heterocycles. The largest absolute Gasteiger partial charge is 0.198 e. The summed E-state index contributed by atoms with van der Waals surface area (Å²) in [6, 6.07) is 2.63. The van der Waals surface area contributed by atoms with Crippen LogP contribution in [0.5, 0.6) is 0 Å². The molecule has 15 heavy (non-hydrogen) atoms. The number of thioether (sulfide) groups is 1. The summed E-state index contributed by atoms with van der Waals surface area (Å²) in [5.41, 5.74) is 0.0364. The third-order valence-corrected chi connectivity index (χ3v) is 4.46. The van der Waals surface area contributed by atoms with Gasteiger partial charge in [0.05, 0.1) is 11.5 Å². The highest BCUT2D eigenvalue weighted by Crippen LogP contribution is 2.43. The minimum atomic E-state index is 0.0364. The van der Waals surface area contributed by atoms with Gasteiger partial charge in [0, 0.05) is 0 Å². The van der Waals surface area contributed by atoms with Crippen LogP contribution in [0.1, 0.15) is 51.9 Å². The van der Waals surface area contributed by atoms with E-state index in [0.717, 1.165) is 25.2 Å². The maximum Gasteiger partial charge on any atom is 0.0689 e. The summed E-state index contributed by atoms with van der Waals surface area (Å²) in [6.07, 6.45) is 10.7. The van der Waals surface area contributed by atoms with Crippen molar-refractivity contribution in [3.05, 3.63) is 0 Å². The van der Waals surface area contributed by atoms with Gasteiger partial charge in [-0.05, 0) is 43.6 Å². The lowest BCUT2D eigenvalue weighted by atomic mass is 9.67. The lowest BCUT2D eigenvalue weighted by Crippen LogP contribution is -2.27. The van der Waals surface area contributed by atoms with Crippen molar-refractivity contribution in [2.45, 2.75) is 51.9 Å². The molecule has 2 heteroatoms. The first-order valence-electron chi connectivity index (χ1n) is 6.16. The summed E-state index contributed by atoms with van der Waals surface area (Å²) in [4.78, 5) is 0. The van der Waals surface area contributed by atoms with Gasteiger partial charge >= 0.3 is 0 Å². The molecule has 1 aliphatic rings. The third kappa shape index (κ3) is 3.72. The Balaban J connectivity index is 2.48. The molecule has 1 aliphatic carbocycles. The van der Waals surface area contributed by atoms with Crippen LogP contribution in [0.4, 0.5) is 0 Å². The number of rotatable bonds is 5. The summed E-state index contributed by atoms with van der Waals surface area (Å²) >= 11 is 1.90. The first-order valence-corrected chi connectivity index (χ1v) is 7.56. The average molecular weight is 225 g/mol. The number of hydrogen-bond donors (Lipinski definition) is 0. The van der Waals surface area contributed by atoms with Crippen LogP contribution in [0, 0.1) is 22.7 Å². The van der Waals surface area contributed by atoms with E-state index in [1.807, 2.05) is 11.8 Å². The van der Waals surface area contributed by atoms with Gasteiger partial charge in [0.1, 0.15) is 0 Å². The average Bonchev–Trinajstić information content (AvgIpc) is 2.30. The molecular weight excluding hydrogens is 202 g/mol. The Kier molecular flexibility index (Phi) is 5.53. The summed E-state index contributed by atoms with van der Waals surface area (Å²) in [5.74, 6) is 2.02. The molecule has 0 radical (unpaired) electrons. The minimum absolute atomic E-state index is 0.0364. The van der Waals surface area contributed by atoms with Crippen molar-refractivity contribution >= 4 is 11.8 Å². The monoisotopic (exact) mass is 225 g/mol. The van der Waals surface area contributed by atoms with E-state index >= 15 is 0 Å². The summed E-state index contributed by atoms with van der Waals surface area (Å²) in [5, 5.41) is 9.40. The second-order valence-electron chi connectivity index (χ2n) is 4.86. The van der Waals surface area contributed by atoms with Crippen molar-refractivity contribution in [1.29, 1.82) is 5.26 Å². The Hall–Kier alpha value is -0.160. The molecule has 1 rings (SSSR count). The number of hydrogen-bond acceptors (Lipinski definition) is 2. The molecule has 1 nitrogen and oxygen atoms in total. The van der Waals surface area contributed by atoms with Gasteiger partial charge < -0.3 is 0 Å². The zero-order chi connectivity index (χ0) is 11.1. The summed E-state index contributed by atoms with van der Waals surface area (Å²) in [6.45, 7) is 2.26.